The fraction of sp³-hybridized carbons (Fsp3) is 0.333. The number of ether oxygens (including phenoxy) is 3. The first-order chi connectivity index (χ1) is 10.7. The highest BCUT2D eigenvalue weighted by molar-refractivity contribution is 5.48. The Hall–Kier alpha value is -2.36. The van der Waals surface area contributed by atoms with Crippen LogP contribution in [0.15, 0.2) is 48.5 Å². The molecular formula is C18H23NO3. The van der Waals surface area contributed by atoms with Gasteiger partial charge in [-0.05, 0) is 50.2 Å². The van der Waals surface area contributed by atoms with E-state index in [1.54, 1.807) is 7.11 Å². The van der Waals surface area contributed by atoms with Crippen molar-refractivity contribution in [1.29, 1.82) is 0 Å². The maximum atomic E-state index is 5.86. The summed E-state index contributed by atoms with van der Waals surface area (Å²) >= 11 is 0. The molecule has 0 aliphatic carbocycles. The largest absolute Gasteiger partial charge is 0.497 e. The standard InChI is InChI=1S/C18H23NO3/c1-4-21-18-7-5-6-15(12-18)19-13-14(2)22-17-10-8-16(20-3)9-11-17/h5-12,14,19H,4,13H2,1-3H3. The van der Waals surface area contributed by atoms with Crippen LogP contribution in [0.4, 0.5) is 5.69 Å². The van der Waals surface area contributed by atoms with Gasteiger partial charge in [0.15, 0.2) is 0 Å². The molecule has 1 N–H and O–H groups in total. The number of anilines is 1. The Morgan fingerprint density at radius 3 is 2.41 bits per heavy atom. The molecule has 1 unspecified atom stereocenters. The van der Waals surface area contributed by atoms with Gasteiger partial charge in [0.1, 0.15) is 23.4 Å². The van der Waals surface area contributed by atoms with E-state index < -0.39 is 0 Å². The summed E-state index contributed by atoms with van der Waals surface area (Å²) in [5.41, 5.74) is 1.02. The van der Waals surface area contributed by atoms with E-state index in [0.29, 0.717) is 13.2 Å². The molecule has 0 aliphatic heterocycles. The zero-order valence-corrected chi connectivity index (χ0v) is 13.3. The smallest absolute Gasteiger partial charge is 0.121 e. The molecule has 0 radical (unpaired) electrons. The summed E-state index contributed by atoms with van der Waals surface area (Å²) in [6, 6.07) is 15.5. The second-order valence-corrected chi connectivity index (χ2v) is 4.95. The van der Waals surface area contributed by atoms with Gasteiger partial charge >= 0.3 is 0 Å². The van der Waals surface area contributed by atoms with Gasteiger partial charge in [0.25, 0.3) is 0 Å². The summed E-state index contributed by atoms with van der Waals surface area (Å²) in [5.74, 6) is 2.53. The van der Waals surface area contributed by atoms with Crippen LogP contribution in [0.25, 0.3) is 0 Å². The van der Waals surface area contributed by atoms with Crippen LogP contribution < -0.4 is 19.5 Å². The maximum absolute atomic E-state index is 5.86. The lowest BCUT2D eigenvalue weighted by molar-refractivity contribution is 0.234. The second kappa shape index (κ2) is 8.17. The number of benzene rings is 2. The predicted molar refractivity (Wildman–Crippen MR) is 89.2 cm³/mol. The average Bonchev–Trinajstić information content (AvgIpc) is 2.54. The van der Waals surface area contributed by atoms with E-state index in [1.807, 2.05) is 62.4 Å². The minimum Gasteiger partial charge on any atom is -0.497 e. The molecule has 2 rings (SSSR count). The van der Waals surface area contributed by atoms with Crippen molar-refractivity contribution < 1.29 is 14.2 Å². The lowest BCUT2D eigenvalue weighted by atomic mass is 10.3. The van der Waals surface area contributed by atoms with Gasteiger partial charge in [-0.25, -0.2) is 0 Å². The average molecular weight is 301 g/mol. The first-order valence-electron chi connectivity index (χ1n) is 7.48. The van der Waals surface area contributed by atoms with E-state index >= 15 is 0 Å². The molecule has 0 fully saturated rings. The Kier molecular flexibility index (Phi) is 5.95. The van der Waals surface area contributed by atoms with Crippen molar-refractivity contribution in [1.82, 2.24) is 0 Å². The van der Waals surface area contributed by atoms with Gasteiger partial charge in [0.05, 0.1) is 20.3 Å². The van der Waals surface area contributed by atoms with Crippen molar-refractivity contribution in [3.8, 4) is 17.2 Å². The highest BCUT2D eigenvalue weighted by atomic mass is 16.5. The number of nitrogens with one attached hydrogen (secondary N) is 1. The van der Waals surface area contributed by atoms with Crippen molar-refractivity contribution in [3.63, 3.8) is 0 Å². The van der Waals surface area contributed by atoms with Crippen LogP contribution in [0.3, 0.4) is 0 Å². The van der Waals surface area contributed by atoms with E-state index in [2.05, 4.69) is 5.32 Å². The molecule has 22 heavy (non-hydrogen) atoms. The van der Waals surface area contributed by atoms with Gasteiger partial charge < -0.3 is 19.5 Å². The lowest BCUT2D eigenvalue weighted by Gasteiger charge is -2.16. The molecule has 0 amide bonds. The van der Waals surface area contributed by atoms with Gasteiger partial charge in [0, 0.05) is 11.8 Å². The first-order valence-corrected chi connectivity index (χ1v) is 7.48. The van der Waals surface area contributed by atoms with E-state index in [4.69, 9.17) is 14.2 Å². The third kappa shape index (κ3) is 4.88. The van der Waals surface area contributed by atoms with Crippen molar-refractivity contribution >= 4 is 5.69 Å². The Morgan fingerprint density at radius 2 is 1.73 bits per heavy atom. The number of hydrogen-bond acceptors (Lipinski definition) is 4. The predicted octanol–water partition coefficient (Wildman–Crippen LogP) is 3.97. The lowest BCUT2D eigenvalue weighted by Crippen LogP contribution is -2.22. The maximum Gasteiger partial charge on any atom is 0.121 e. The van der Waals surface area contributed by atoms with Crippen molar-refractivity contribution in [2.24, 2.45) is 0 Å². The third-order valence-corrected chi connectivity index (χ3v) is 3.14. The van der Waals surface area contributed by atoms with E-state index in [9.17, 15) is 0 Å². The molecule has 0 aliphatic rings. The Balaban J connectivity index is 1.83. The number of rotatable bonds is 8. The molecule has 4 nitrogen and oxygen atoms in total. The zero-order valence-electron chi connectivity index (χ0n) is 13.3. The van der Waals surface area contributed by atoms with Gasteiger partial charge in [0.2, 0.25) is 0 Å². The summed E-state index contributed by atoms with van der Waals surface area (Å²) in [6.45, 7) is 5.39. The minimum atomic E-state index is 0.0455. The monoisotopic (exact) mass is 301 g/mol. The molecule has 2 aromatic rings. The van der Waals surface area contributed by atoms with Crippen LogP contribution >= 0.6 is 0 Å². The molecule has 0 heterocycles. The van der Waals surface area contributed by atoms with Crippen LogP contribution in [0.2, 0.25) is 0 Å². The highest BCUT2D eigenvalue weighted by Crippen LogP contribution is 2.19. The van der Waals surface area contributed by atoms with Crippen LogP contribution in [0.5, 0.6) is 17.2 Å². The molecule has 0 bridgehead atoms. The summed E-state index contributed by atoms with van der Waals surface area (Å²) in [6.07, 6.45) is 0.0455. The summed E-state index contributed by atoms with van der Waals surface area (Å²) in [5, 5.41) is 3.36. The van der Waals surface area contributed by atoms with Gasteiger partial charge in [-0.1, -0.05) is 6.07 Å². The van der Waals surface area contributed by atoms with Crippen molar-refractivity contribution in [2.75, 3.05) is 25.6 Å². The zero-order chi connectivity index (χ0) is 15.8. The van der Waals surface area contributed by atoms with Crippen LogP contribution in [-0.4, -0.2) is 26.4 Å². The second-order valence-electron chi connectivity index (χ2n) is 4.95. The molecule has 4 heteroatoms. The minimum absolute atomic E-state index is 0.0455. The van der Waals surface area contributed by atoms with Crippen LogP contribution in [0, 0.1) is 0 Å². The fourth-order valence-corrected chi connectivity index (χ4v) is 2.05. The normalized spacial score (nSPS) is 11.6. The van der Waals surface area contributed by atoms with Crippen LogP contribution in [0.1, 0.15) is 13.8 Å². The summed E-state index contributed by atoms with van der Waals surface area (Å²) in [4.78, 5) is 0. The number of methoxy groups -OCH3 is 1. The molecule has 118 valence electrons. The highest BCUT2D eigenvalue weighted by Gasteiger charge is 2.05. The Bertz CT molecular complexity index is 569. The first kappa shape index (κ1) is 16.0. The fourth-order valence-electron chi connectivity index (χ4n) is 2.05. The quantitative estimate of drug-likeness (QED) is 0.801. The molecular weight excluding hydrogens is 278 g/mol. The molecule has 0 saturated heterocycles. The van der Waals surface area contributed by atoms with Crippen molar-refractivity contribution in [2.45, 2.75) is 20.0 Å². The number of hydrogen-bond donors (Lipinski definition) is 1. The van der Waals surface area contributed by atoms with Gasteiger partial charge in [-0.2, -0.15) is 0 Å². The van der Waals surface area contributed by atoms with Gasteiger partial charge in [-0.3, -0.25) is 0 Å². The molecule has 2 aromatic carbocycles. The molecule has 0 spiro atoms. The third-order valence-electron chi connectivity index (χ3n) is 3.14. The topological polar surface area (TPSA) is 39.7 Å². The molecule has 0 aromatic heterocycles. The summed E-state index contributed by atoms with van der Waals surface area (Å²) in [7, 11) is 1.65. The Labute approximate surface area is 132 Å². The Morgan fingerprint density at radius 1 is 1.00 bits per heavy atom. The van der Waals surface area contributed by atoms with Crippen LogP contribution in [-0.2, 0) is 0 Å². The van der Waals surface area contributed by atoms with Crippen molar-refractivity contribution in [3.05, 3.63) is 48.5 Å². The van der Waals surface area contributed by atoms with E-state index in [-0.39, 0.29) is 6.10 Å². The SMILES string of the molecule is CCOc1cccc(NCC(C)Oc2ccc(OC)cc2)c1. The molecule has 1 atom stereocenters. The molecule has 0 saturated carbocycles. The van der Waals surface area contributed by atoms with E-state index in [1.165, 1.54) is 0 Å². The van der Waals surface area contributed by atoms with Gasteiger partial charge in [-0.15, -0.1) is 0 Å². The summed E-state index contributed by atoms with van der Waals surface area (Å²) < 4.78 is 16.5. The van der Waals surface area contributed by atoms with E-state index in [0.717, 1.165) is 22.9 Å².